The molecule has 0 aliphatic carbocycles. The van der Waals surface area contributed by atoms with Crippen LogP contribution in [0.5, 0.6) is 0 Å². The summed E-state index contributed by atoms with van der Waals surface area (Å²) in [6.45, 7) is 2.72. The molecule has 4 heteroatoms. The lowest BCUT2D eigenvalue weighted by Gasteiger charge is -2.06. The van der Waals surface area contributed by atoms with Gasteiger partial charge in [-0.2, -0.15) is 0 Å². The van der Waals surface area contributed by atoms with E-state index < -0.39 is 0 Å². The van der Waals surface area contributed by atoms with Gasteiger partial charge in [-0.25, -0.2) is 0 Å². The topological polar surface area (TPSA) is 38.0 Å². The van der Waals surface area contributed by atoms with Crippen LogP contribution in [0.25, 0.3) is 0 Å². The van der Waals surface area contributed by atoms with Gasteiger partial charge in [-0.15, -0.1) is 0 Å². The molecule has 0 atom stereocenters. The summed E-state index contributed by atoms with van der Waals surface area (Å²) in [5.41, 5.74) is 7.45. The molecule has 1 aromatic carbocycles. The molecule has 0 saturated carbocycles. The molecule has 0 aromatic heterocycles. The molecule has 14 heavy (non-hydrogen) atoms. The van der Waals surface area contributed by atoms with E-state index in [9.17, 15) is 0 Å². The Kier molecular flexibility index (Phi) is 4.17. The summed E-state index contributed by atoms with van der Waals surface area (Å²) < 4.78 is 0. The van der Waals surface area contributed by atoms with Crippen molar-refractivity contribution in [1.29, 1.82) is 0 Å². The molecule has 3 N–H and O–H groups in total. The van der Waals surface area contributed by atoms with Crippen LogP contribution >= 0.6 is 23.8 Å². The Hall–Kier alpha value is -0.800. The zero-order valence-electron chi connectivity index (χ0n) is 8.01. The smallest absolute Gasteiger partial charge is 0.0745 e. The van der Waals surface area contributed by atoms with Crippen LogP contribution < -0.4 is 11.1 Å². The third kappa shape index (κ3) is 3.52. The maximum atomic E-state index is 5.96. The van der Waals surface area contributed by atoms with Crippen molar-refractivity contribution < 1.29 is 0 Å². The van der Waals surface area contributed by atoms with Gasteiger partial charge < -0.3 is 11.1 Å². The Morgan fingerprint density at radius 1 is 1.57 bits per heavy atom. The fraction of sp³-hybridized carbons (Fsp3) is 0.300. The van der Waals surface area contributed by atoms with E-state index in [1.54, 1.807) is 0 Å². The Balaban J connectivity index is 2.51. The van der Waals surface area contributed by atoms with E-state index in [-0.39, 0.29) is 0 Å². The lowest BCUT2D eigenvalue weighted by molar-refractivity contribution is 1.11. The molecular formula is C10H13ClN2S. The standard InChI is InChI=1S/C10H13ClN2S/c1-7-2-3-8(6-9(7)11)13-5-4-10(12)14/h2-3,6,13H,4-5H2,1H3,(H2,12,14). The van der Waals surface area contributed by atoms with Gasteiger partial charge in [0.1, 0.15) is 0 Å². The van der Waals surface area contributed by atoms with E-state index in [0.717, 1.165) is 22.8 Å². The van der Waals surface area contributed by atoms with Crippen LogP contribution in [-0.2, 0) is 0 Å². The van der Waals surface area contributed by atoms with E-state index >= 15 is 0 Å². The predicted octanol–water partition coefficient (Wildman–Crippen LogP) is 2.74. The second kappa shape index (κ2) is 5.17. The van der Waals surface area contributed by atoms with Crippen molar-refractivity contribution in [2.45, 2.75) is 13.3 Å². The van der Waals surface area contributed by atoms with Crippen molar-refractivity contribution >= 4 is 34.5 Å². The quantitative estimate of drug-likeness (QED) is 0.779. The van der Waals surface area contributed by atoms with E-state index in [1.165, 1.54) is 0 Å². The molecule has 0 aliphatic rings. The molecule has 0 spiro atoms. The molecule has 0 heterocycles. The van der Waals surface area contributed by atoms with Gasteiger partial charge in [0, 0.05) is 23.7 Å². The van der Waals surface area contributed by atoms with Crippen molar-refractivity contribution in [2.75, 3.05) is 11.9 Å². The number of halogens is 1. The van der Waals surface area contributed by atoms with Crippen molar-refractivity contribution in [3.05, 3.63) is 28.8 Å². The summed E-state index contributed by atoms with van der Waals surface area (Å²) in [6.07, 6.45) is 0.695. The Morgan fingerprint density at radius 3 is 2.86 bits per heavy atom. The van der Waals surface area contributed by atoms with E-state index in [0.29, 0.717) is 11.4 Å². The third-order valence-corrected chi connectivity index (χ3v) is 2.48. The first kappa shape index (κ1) is 11.3. The van der Waals surface area contributed by atoms with Crippen LogP contribution in [0.15, 0.2) is 18.2 Å². The molecule has 0 bridgehead atoms. The van der Waals surface area contributed by atoms with Crippen LogP contribution in [0, 0.1) is 6.92 Å². The highest BCUT2D eigenvalue weighted by Crippen LogP contribution is 2.19. The van der Waals surface area contributed by atoms with Crippen LogP contribution in [-0.4, -0.2) is 11.5 Å². The molecule has 2 nitrogen and oxygen atoms in total. The second-order valence-corrected chi connectivity index (χ2v) is 4.04. The maximum absolute atomic E-state index is 5.96. The van der Waals surface area contributed by atoms with Crippen LogP contribution in [0.2, 0.25) is 5.02 Å². The SMILES string of the molecule is Cc1ccc(NCCC(N)=S)cc1Cl. The number of aryl methyl sites for hydroxylation is 1. The highest BCUT2D eigenvalue weighted by atomic mass is 35.5. The van der Waals surface area contributed by atoms with Crippen molar-refractivity contribution in [2.24, 2.45) is 5.73 Å². The molecule has 0 radical (unpaired) electrons. The van der Waals surface area contributed by atoms with Gasteiger partial charge in [0.05, 0.1) is 4.99 Å². The van der Waals surface area contributed by atoms with Gasteiger partial charge >= 0.3 is 0 Å². The third-order valence-electron chi connectivity index (χ3n) is 1.87. The molecule has 0 aliphatic heterocycles. The molecule has 1 aromatic rings. The van der Waals surface area contributed by atoms with Gasteiger partial charge in [0.15, 0.2) is 0 Å². The van der Waals surface area contributed by atoms with Crippen molar-refractivity contribution in [1.82, 2.24) is 0 Å². The maximum Gasteiger partial charge on any atom is 0.0745 e. The van der Waals surface area contributed by atoms with Crippen LogP contribution in [0.4, 0.5) is 5.69 Å². The number of nitrogens with one attached hydrogen (secondary N) is 1. The molecule has 0 saturated heterocycles. The summed E-state index contributed by atoms with van der Waals surface area (Å²) in [6, 6.07) is 5.86. The molecule has 1 rings (SSSR count). The number of anilines is 1. The average molecular weight is 229 g/mol. The molecule has 76 valence electrons. The Bertz CT molecular complexity index is 339. The highest BCUT2D eigenvalue weighted by Gasteiger charge is 1.97. The lowest BCUT2D eigenvalue weighted by Crippen LogP contribution is -2.13. The molecular weight excluding hydrogens is 216 g/mol. The zero-order chi connectivity index (χ0) is 10.6. The number of rotatable bonds is 4. The number of benzene rings is 1. The molecule has 0 unspecified atom stereocenters. The van der Waals surface area contributed by atoms with E-state index in [2.05, 4.69) is 5.32 Å². The van der Waals surface area contributed by atoms with Gasteiger partial charge in [-0.05, 0) is 24.6 Å². The summed E-state index contributed by atoms with van der Waals surface area (Å²) in [5.74, 6) is 0. The summed E-state index contributed by atoms with van der Waals surface area (Å²) in [5, 5.41) is 3.96. The van der Waals surface area contributed by atoms with Gasteiger partial charge in [-0.3, -0.25) is 0 Å². The largest absolute Gasteiger partial charge is 0.393 e. The van der Waals surface area contributed by atoms with Gasteiger partial charge in [0.25, 0.3) is 0 Å². The number of hydrogen-bond donors (Lipinski definition) is 2. The predicted molar refractivity (Wildman–Crippen MR) is 66.1 cm³/mol. The first-order chi connectivity index (χ1) is 6.59. The van der Waals surface area contributed by atoms with Gasteiger partial charge in [-0.1, -0.05) is 29.9 Å². The normalized spacial score (nSPS) is 9.86. The summed E-state index contributed by atoms with van der Waals surface area (Å²) >= 11 is 10.7. The van der Waals surface area contributed by atoms with E-state index in [1.807, 2.05) is 25.1 Å². The Morgan fingerprint density at radius 2 is 2.29 bits per heavy atom. The van der Waals surface area contributed by atoms with Crippen LogP contribution in [0.1, 0.15) is 12.0 Å². The number of hydrogen-bond acceptors (Lipinski definition) is 2. The molecule has 0 amide bonds. The first-order valence-corrected chi connectivity index (χ1v) is 5.16. The van der Waals surface area contributed by atoms with Gasteiger partial charge in [0.2, 0.25) is 0 Å². The summed E-state index contributed by atoms with van der Waals surface area (Å²) in [4.78, 5) is 0.524. The zero-order valence-corrected chi connectivity index (χ0v) is 9.58. The lowest BCUT2D eigenvalue weighted by atomic mass is 10.2. The molecule has 0 fully saturated rings. The average Bonchev–Trinajstić information content (AvgIpc) is 2.10. The second-order valence-electron chi connectivity index (χ2n) is 3.11. The minimum Gasteiger partial charge on any atom is -0.393 e. The minimum absolute atomic E-state index is 0.524. The van der Waals surface area contributed by atoms with E-state index in [4.69, 9.17) is 29.6 Å². The number of thiocarbonyl (C=S) groups is 1. The Labute approximate surface area is 94.4 Å². The fourth-order valence-electron chi connectivity index (χ4n) is 1.03. The first-order valence-electron chi connectivity index (χ1n) is 4.38. The number of nitrogens with two attached hydrogens (primary N) is 1. The monoisotopic (exact) mass is 228 g/mol. The fourth-order valence-corrected chi connectivity index (χ4v) is 1.32. The van der Waals surface area contributed by atoms with Crippen molar-refractivity contribution in [3.63, 3.8) is 0 Å². The van der Waals surface area contributed by atoms with Crippen LogP contribution in [0.3, 0.4) is 0 Å². The minimum atomic E-state index is 0.524. The summed E-state index contributed by atoms with van der Waals surface area (Å²) in [7, 11) is 0. The van der Waals surface area contributed by atoms with Crippen molar-refractivity contribution in [3.8, 4) is 0 Å². The highest BCUT2D eigenvalue weighted by molar-refractivity contribution is 7.80.